The van der Waals surface area contributed by atoms with Gasteiger partial charge in [0.05, 0.1) is 0 Å². The van der Waals surface area contributed by atoms with Crippen LogP contribution in [0.2, 0.25) is 0 Å². The molecule has 18 heavy (non-hydrogen) atoms. The largest absolute Gasteiger partial charge is 0.369 e. The molecule has 1 aromatic carbocycles. The van der Waals surface area contributed by atoms with Crippen molar-refractivity contribution in [3.8, 4) is 0 Å². The standard InChI is InChI=1S/C9H14O7P2/c10-9(17(11,12)13,18(14,15)16)7-6-8-4-2-1-3-5-8/h1-5,10H,6-7H2,(H2,11,12,13)(H2,14,15,16). The summed E-state index contributed by atoms with van der Waals surface area (Å²) in [6, 6.07) is 8.31. The second-order valence-corrected chi connectivity index (χ2v) is 7.86. The fourth-order valence-electron chi connectivity index (χ4n) is 1.42. The predicted molar refractivity (Wildman–Crippen MR) is 63.8 cm³/mol. The zero-order chi connectivity index (χ0) is 14.0. The lowest BCUT2D eigenvalue weighted by Crippen LogP contribution is -2.29. The van der Waals surface area contributed by atoms with Gasteiger partial charge in [0.25, 0.3) is 5.08 Å². The van der Waals surface area contributed by atoms with Crippen molar-refractivity contribution in [1.82, 2.24) is 0 Å². The second-order valence-electron chi connectivity index (χ2n) is 3.85. The van der Waals surface area contributed by atoms with Crippen molar-refractivity contribution in [3.05, 3.63) is 35.9 Å². The number of hydrogen-bond acceptors (Lipinski definition) is 3. The number of aryl methyl sites for hydroxylation is 1. The lowest BCUT2D eigenvalue weighted by Gasteiger charge is -2.29. The maximum absolute atomic E-state index is 11.1. The Morgan fingerprint density at radius 1 is 0.944 bits per heavy atom. The van der Waals surface area contributed by atoms with Gasteiger partial charge in [0.15, 0.2) is 0 Å². The Labute approximate surface area is 103 Å². The molecular formula is C9H14O7P2. The smallest absolute Gasteiger partial charge is 0.368 e. The van der Waals surface area contributed by atoms with E-state index in [1.54, 1.807) is 30.3 Å². The maximum Gasteiger partial charge on any atom is 0.369 e. The molecule has 0 unspecified atom stereocenters. The van der Waals surface area contributed by atoms with Crippen LogP contribution in [0.4, 0.5) is 0 Å². The Balaban J connectivity index is 2.96. The summed E-state index contributed by atoms with van der Waals surface area (Å²) in [5.41, 5.74) is 0.609. The molecule has 9 heteroatoms. The summed E-state index contributed by atoms with van der Waals surface area (Å²) in [5.74, 6) is 0. The molecule has 0 aliphatic carbocycles. The van der Waals surface area contributed by atoms with E-state index in [0.717, 1.165) is 0 Å². The molecule has 0 heterocycles. The van der Waals surface area contributed by atoms with E-state index in [2.05, 4.69) is 0 Å². The van der Waals surface area contributed by atoms with E-state index < -0.39 is 26.7 Å². The molecule has 1 rings (SSSR count). The first kappa shape index (κ1) is 15.5. The normalized spacial score (nSPS) is 13.6. The third-order valence-corrected chi connectivity index (χ3v) is 6.40. The maximum atomic E-state index is 11.1. The molecule has 0 aliphatic heterocycles. The van der Waals surface area contributed by atoms with Crippen LogP contribution in [0.3, 0.4) is 0 Å². The third-order valence-electron chi connectivity index (χ3n) is 2.52. The molecule has 0 aromatic heterocycles. The van der Waals surface area contributed by atoms with Crippen LogP contribution in [0.25, 0.3) is 0 Å². The molecule has 0 saturated carbocycles. The highest BCUT2D eigenvalue weighted by Gasteiger charge is 2.58. The van der Waals surface area contributed by atoms with Crippen molar-refractivity contribution in [2.45, 2.75) is 17.9 Å². The highest BCUT2D eigenvalue weighted by atomic mass is 31.2. The van der Waals surface area contributed by atoms with Crippen molar-refractivity contribution in [2.75, 3.05) is 0 Å². The highest BCUT2D eigenvalue weighted by Crippen LogP contribution is 2.69. The van der Waals surface area contributed by atoms with Gasteiger partial charge in [0.2, 0.25) is 0 Å². The van der Waals surface area contributed by atoms with Crippen molar-refractivity contribution >= 4 is 15.2 Å². The minimum Gasteiger partial charge on any atom is -0.368 e. The Hall–Kier alpha value is -0.520. The van der Waals surface area contributed by atoms with E-state index in [9.17, 15) is 14.2 Å². The highest BCUT2D eigenvalue weighted by molar-refractivity contribution is 7.72. The third kappa shape index (κ3) is 3.28. The van der Waals surface area contributed by atoms with Crippen molar-refractivity contribution in [1.29, 1.82) is 0 Å². The van der Waals surface area contributed by atoms with Gasteiger partial charge in [-0.1, -0.05) is 30.3 Å². The quantitative estimate of drug-likeness (QED) is 0.502. The Bertz CT molecular complexity index is 467. The molecule has 0 spiro atoms. The topological polar surface area (TPSA) is 135 Å². The summed E-state index contributed by atoms with van der Waals surface area (Å²) >= 11 is 0. The first-order valence-electron chi connectivity index (χ1n) is 4.95. The second kappa shape index (κ2) is 5.23. The number of aliphatic hydroxyl groups is 1. The Morgan fingerprint density at radius 2 is 1.39 bits per heavy atom. The molecule has 0 bridgehead atoms. The van der Waals surface area contributed by atoms with E-state index in [-0.39, 0.29) is 6.42 Å². The van der Waals surface area contributed by atoms with Gasteiger partial charge < -0.3 is 24.7 Å². The molecule has 0 aliphatic rings. The van der Waals surface area contributed by atoms with Crippen molar-refractivity contribution in [2.24, 2.45) is 0 Å². The first-order chi connectivity index (χ1) is 8.08. The van der Waals surface area contributed by atoms with Crippen LogP contribution < -0.4 is 0 Å². The summed E-state index contributed by atoms with van der Waals surface area (Å²) in [7, 11) is -10.7. The first-order valence-corrected chi connectivity index (χ1v) is 8.18. The Morgan fingerprint density at radius 3 is 1.78 bits per heavy atom. The SMILES string of the molecule is O=P(O)(O)C(O)(CCc1ccccc1)P(=O)(O)O. The molecule has 0 atom stereocenters. The molecule has 5 N–H and O–H groups in total. The summed E-state index contributed by atoms with van der Waals surface area (Å²) in [6.45, 7) is 0. The number of rotatable bonds is 5. The van der Waals surface area contributed by atoms with Crippen LogP contribution in [0.1, 0.15) is 12.0 Å². The van der Waals surface area contributed by atoms with Gasteiger partial charge in [0.1, 0.15) is 0 Å². The van der Waals surface area contributed by atoms with E-state index in [1.807, 2.05) is 0 Å². The van der Waals surface area contributed by atoms with Gasteiger partial charge >= 0.3 is 15.2 Å². The van der Waals surface area contributed by atoms with E-state index in [4.69, 9.17) is 19.6 Å². The van der Waals surface area contributed by atoms with Gasteiger partial charge in [-0.05, 0) is 12.0 Å². The molecule has 7 nitrogen and oxygen atoms in total. The van der Waals surface area contributed by atoms with Crippen molar-refractivity contribution in [3.63, 3.8) is 0 Å². The molecule has 0 radical (unpaired) electrons. The van der Waals surface area contributed by atoms with Crippen LogP contribution in [-0.2, 0) is 15.6 Å². The van der Waals surface area contributed by atoms with Crippen molar-refractivity contribution < 1.29 is 33.8 Å². The lowest BCUT2D eigenvalue weighted by molar-refractivity contribution is 0.123. The molecule has 0 saturated heterocycles. The fourth-order valence-corrected chi connectivity index (χ4v) is 3.58. The van der Waals surface area contributed by atoms with E-state index >= 15 is 0 Å². The van der Waals surface area contributed by atoms with E-state index in [0.29, 0.717) is 5.56 Å². The predicted octanol–water partition coefficient (Wildman–Crippen LogP) is 0.621. The summed E-state index contributed by atoms with van der Waals surface area (Å²) in [5, 5.41) is 6.28. The minimum atomic E-state index is -5.35. The van der Waals surface area contributed by atoms with Crippen LogP contribution in [0, 0.1) is 0 Å². The van der Waals surface area contributed by atoms with Gasteiger partial charge in [-0.15, -0.1) is 0 Å². The zero-order valence-corrected chi connectivity index (χ0v) is 11.0. The summed E-state index contributed by atoms with van der Waals surface area (Å²) < 4.78 is 22.1. The molecule has 0 fully saturated rings. The summed E-state index contributed by atoms with van der Waals surface area (Å²) in [4.78, 5) is 35.7. The van der Waals surface area contributed by atoms with Crippen LogP contribution >= 0.6 is 15.2 Å². The van der Waals surface area contributed by atoms with Crippen LogP contribution in [-0.4, -0.2) is 29.8 Å². The van der Waals surface area contributed by atoms with Crippen LogP contribution in [0.5, 0.6) is 0 Å². The Kier molecular flexibility index (Phi) is 4.51. The molecular weight excluding hydrogens is 282 g/mol. The molecule has 0 amide bonds. The fraction of sp³-hybridized carbons (Fsp3) is 0.333. The van der Waals surface area contributed by atoms with Gasteiger partial charge in [-0.2, -0.15) is 0 Å². The van der Waals surface area contributed by atoms with Gasteiger partial charge in [0, 0.05) is 6.42 Å². The summed E-state index contributed by atoms with van der Waals surface area (Å²) in [6.07, 6.45) is -0.793. The van der Waals surface area contributed by atoms with Gasteiger partial charge in [-0.3, -0.25) is 9.13 Å². The van der Waals surface area contributed by atoms with Crippen LogP contribution in [0.15, 0.2) is 30.3 Å². The van der Waals surface area contributed by atoms with E-state index in [1.165, 1.54) is 0 Å². The lowest BCUT2D eigenvalue weighted by atomic mass is 10.1. The van der Waals surface area contributed by atoms with Gasteiger partial charge in [-0.25, -0.2) is 0 Å². The number of hydrogen-bond donors (Lipinski definition) is 5. The number of benzene rings is 1. The monoisotopic (exact) mass is 296 g/mol. The zero-order valence-electron chi connectivity index (χ0n) is 9.25. The minimum absolute atomic E-state index is 0.0619. The molecule has 1 aromatic rings. The molecule has 102 valence electrons. The average Bonchev–Trinajstić information content (AvgIpc) is 2.24. The average molecular weight is 296 g/mol.